The molecule has 0 aliphatic heterocycles. The molecular weight excluding hydrogens is 416 g/mol. The van der Waals surface area contributed by atoms with Crippen LogP contribution in [-0.4, -0.2) is 5.33 Å². The van der Waals surface area contributed by atoms with Crippen molar-refractivity contribution in [1.29, 1.82) is 0 Å². The topological polar surface area (TPSA) is 0 Å². The van der Waals surface area contributed by atoms with Crippen molar-refractivity contribution in [2.45, 2.75) is 6.42 Å². The van der Waals surface area contributed by atoms with Crippen LogP contribution >= 0.6 is 63.7 Å². The summed E-state index contributed by atoms with van der Waals surface area (Å²) >= 11 is 13.9. The molecule has 0 fully saturated rings. The van der Waals surface area contributed by atoms with Gasteiger partial charge in [-0.05, 0) is 65.8 Å². The average Bonchev–Trinajstić information content (AvgIpc) is 2.07. The highest BCUT2D eigenvalue weighted by molar-refractivity contribution is 9.14. The standard InChI is InChI=1S/C8H6Br4/c9-4-3-5-1-2-6(10)8(12)7(5)11/h1-2H,3-4H2. The Kier molecular flexibility index (Phi) is 4.79. The minimum Gasteiger partial charge on any atom is -0.0924 e. The van der Waals surface area contributed by atoms with Gasteiger partial charge in [-0.15, -0.1) is 0 Å². The van der Waals surface area contributed by atoms with Crippen molar-refractivity contribution in [2.24, 2.45) is 0 Å². The van der Waals surface area contributed by atoms with Gasteiger partial charge in [-0.25, -0.2) is 0 Å². The van der Waals surface area contributed by atoms with E-state index in [4.69, 9.17) is 0 Å². The Morgan fingerprint density at radius 1 is 1.00 bits per heavy atom. The highest BCUT2D eigenvalue weighted by Gasteiger charge is 2.06. The molecule has 12 heavy (non-hydrogen) atoms. The van der Waals surface area contributed by atoms with Gasteiger partial charge < -0.3 is 0 Å². The lowest BCUT2D eigenvalue weighted by atomic mass is 10.2. The normalized spacial score (nSPS) is 10.3. The van der Waals surface area contributed by atoms with Crippen LogP contribution in [0.5, 0.6) is 0 Å². The van der Waals surface area contributed by atoms with E-state index < -0.39 is 0 Å². The van der Waals surface area contributed by atoms with E-state index in [1.807, 2.05) is 6.07 Å². The van der Waals surface area contributed by atoms with Crippen molar-refractivity contribution >= 4 is 63.7 Å². The molecule has 66 valence electrons. The molecule has 4 heteroatoms. The molecule has 1 aromatic rings. The number of aryl methyl sites for hydroxylation is 1. The number of alkyl halides is 1. The van der Waals surface area contributed by atoms with E-state index in [1.165, 1.54) is 5.56 Å². The van der Waals surface area contributed by atoms with E-state index in [9.17, 15) is 0 Å². The van der Waals surface area contributed by atoms with Gasteiger partial charge in [-0.2, -0.15) is 0 Å². The predicted molar refractivity (Wildman–Crippen MR) is 67.0 cm³/mol. The summed E-state index contributed by atoms with van der Waals surface area (Å²) in [7, 11) is 0. The summed E-state index contributed by atoms with van der Waals surface area (Å²) in [5, 5.41) is 0.986. The molecule has 0 amide bonds. The van der Waals surface area contributed by atoms with Gasteiger partial charge in [0.05, 0.1) is 0 Å². The summed E-state index contributed by atoms with van der Waals surface area (Å²) < 4.78 is 3.30. The minimum atomic E-state index is 0.986. The quantitative estimate of drug-likeness (QED) is 0.470. The molecule has 0 aromatic heterocycles. The first kappa shape index (κ1) is 11.2. The van der Waals surface area contributed by atoms with E-state index in [-0.39, 0.29) is 0 Å². The maximum absolute atomic E-state index is 3.53. The zero-order valence-corrected chi connectivity index (χ0v) is 12.4. The first-order valence-corrected chi connectivity index (χ1v) is 6.85. The fraction of sp³-hybridized carbons (Fsp3) is 0.250. The fourth-order valence-corrected chi connectivity index (χ4v) is 2.82. The molecule has 1 rings (SSSR count). The van der Waals surface area contributed by atoms with Gasteiger partial charge in [-0.1, -0.05) is 22.0 Å². The molecule has 0 spiro atoms. The van der Waals surface area contributed by atoms with Crippen LogP contribution in [0.25, 0.3) is 0 Å². The van der Waals surface area contributed by atoms with Gasteiger partial charge >= 0.3 is 0 Å². The molecule has 0 heterocycles. The monoisotopic (exact) mass is 418 g/mol. The lowest BCUT2D eigenvalue weighted by Gasteiger charge is -2.05. The van der Waals surface area contributed by atoms with Crippen LogP contribution < -0.4 is 0 Å². The second kappa shape index (κ2) is 5.13. The number of hydrogen-bond acceptors (Lipinski definition) is 0. The van der Waals surface area contributed by atoms with Crippen molar-refractivity contribution in [3.63, 3.8) is 0 Å². The Morgan fingerprint density at radius 2 is 1.67 bits per heavy atom. The molecule has 0 bridgehead atoms. The van der Waals surface area contributed by atoms with E-state index in [0.717, 1.165) is 25.2 Å². The first-order chi connectivity index (χ1) is 5.66. The highest BCUT2D eigenvalue weighted by atomic mass is 79.9. The van der Waals surface area contributed by atoms with Crippen LogP contribution in [0.3, 0.4) is 0 Å². The van der Waals surface area contributed by atoms with Gasteiger partial charge in [0.2, 0.25) is 0 Å². The van der Waals surface area contributed by atoms with Crippen LogP contribution in [0, 0.1) is 0 Å². The molecule has 0 aliphatic carbocycles. The van der Waals surface area contributed by atoms with Crippen LogP contribution in [0.1, 0.15) is 5.56 Å². The minimum absolute atomic E-state index is 0.986. The molecule has 0 N–H and O–H groups in total. The van der Waals surface area contributed by atoms with E-state index in [1.54, 1.807) is 0 Å². The Bertz CT molecular complexity index is 283. The van der Waals surface area contributed by atoms with Crippen LogP contribution in [-0.2, 0) is 6.42 Å². The SMILES string of the molecule is BrCCc1ccc(Br)c(Br)c1Br. The van der Waals surface area contributed by atoms with Crippen LogP contribution in [0.4, 0.5) is 0 Å². The maximum Gasteiger partial charge on any atom is 0.0462 e. The zero-order chi connectivity index (χ0) is 9.14. The smallest absolute Gasteiger partial charge is 0.0462 e. The number of halogens is 4. The summed E-state index contributed by atoms with van der Waals surface area (Å²) in [6.07, 6.45) is 1.03. The van der Waals surface area contributed by atoms with Crippen molar-refractivity contribution < 1.29 is 0 Å². The van der Waals surface area contributed by atoms with Crippen molar-refractivity contribution in [3.05, 3.63) is 31.1 Å². The fourth-order valence-electron chi connectivity index (χ4n) is 0.861. The second-order valence-corrected chi connectivity index (χ2v) is 5.51. The third-order valence-corrected chi connectivity index (χ3v) is 5.33. The molecular formula is C8H6Br4. The highest BCUT2D eigenvalue weighted by Crippen LogP contribution is 2.33. The molecule has 0 nitrogen and oxygen atoms in total. The molecule has 0 saturated carbocycles. The third kappa shape index (κ3) is 2.56. The number of benzene rings is 1. The summed E-state index contributed by atoms with van der Waals surface area (Å²) in [4.78, 5) is 0. The molecule has 0 saturated heterocycles. The van der Waals surface area contributed by atoms with Gasteiger partial charge in [0.25, 0.3) is 0 Å². The summed E-state index contributed by atoms with van der Waals surface area (Å²) in [6, 6.07) is 4.16. The van der Waals surface area contributed by atoms with Gasteiger partial charge in [-0.3, -0.25) is 0 Å². The van der Waals surface area contributed by atoms with Gasteiger partial charge in [0, 0.05) is 18.7 Å². The van der Waals surface area contributed by atoms with E-state index in [2.05, 4.69) is 69.8 Å². The molecule has 0 radical (unpaired) electrons. The average molecular weight is 422 g/mol. The van der Waals surface area contributed by atoms with Crippen LogP contribution in [0.15, 0.2) is 25.6 Å². The second-order valence-electron chi connectivity index (χ2n) is 2.27. The largest absolute Gasteiger partial charge is 0.0924 e. The Balaban J connectivity index is 3.08. The maximum atomic E-state index is 3.53. The van der Waals surface area contributed by atoms with Gasteiger partial charge in [0.15, 0.2) is 0 Å². The zero-order valence-electron chi connectivity index (χ0n) is 6.08. The lowest BCUT2D eigenvalue weighted by Crippen LogP contribution is -1.88. The first-order valence-electron chi connectivity index (χ1n) is 3.35. The van der Waals surface area contributed by atoms with E-state index >= 15 is 0 Å². The lowest BCUT2D eigenvalue weighted by molar-refractivity contribution is 1.15. The van der Waals surface area contributed by atoms with Crippen LogP contribution in [0.2, 0.25) is 0 Å². The molecule has 0 unspecified atom stereocenters. The Hall–Kier alpha value is 1.14. The van der Waals surface area contributed by atoms with E-state index in [0.29, 0.717) is 0 Å². The predicted octanol–water partition coefficient (Wildman–Crippen LogP) is 4.91. The Labute approximate surface area is 106 Å². The number of rotatable bonds is 2. The summed E-state index contributed by atoms with van der Waals surface area (Å²) in [5.74, 6) is 0. The number of hydrogen-bond donors (Lipinski definition) is 0. The molecule has 0 aliphatic rings. The van der Waals surface area contributed by atoms with Crippen molar-refractivity contribution in [1.82, 2.24) is 0 Å². The molecule has 1 aromatic carbocycles. The summed E-state index contributed by atoms with van der Waals surface area (Å²) in [6.45, 7) is 0. The molecule has 0 atom stereocenters. The van der Waals surface area contributed by atoms with Crippen molar-refractivity contribution in [3.8, 4) is 0 Å². The van der Waals surface area contributed by atoms with Gasteiger partial charge in [0.1, 0.15) is 0 Å². The third-order valence-electron chi connectivity index (χ3n) is 1.48. The van der Waals surface area contributed by atoms with Crippen molar-refractivity contribution in [2.75, 3.05) is 5.33 Å². The summed E-state index contributed by atoms with van der Waals surface area (Å²) in [5.41, 5.74) is 1.31. The Morgan fingerprint density at radius 3 is 2.25 bits per heavy atom.